The number of benzene rings is 1. The Balaban J connectivity index is 1.59. The highest BCUT2D eigenvalue weighted by Gasteiger charge is 2.16. The highest BCUT2D eigenvalue weighted by molar-refractivity contribution is 7.13. The predicted molar refractivity (Wildman–Crippen MR) is 105 cm³/mol. The lowest BCUT2D eigenvalue weighted by atomic mass is 10.1. The van der Waals surface area contributed by atoms with E-state index in [4.69, 9.17) is 0 Å². The van der Waals surface area contributed by atoms with E-state index in [1.54, 1.807) is 18.5 Å². The van der Waals surface area contributed by atoms with Crippen LogP contribution in [0.4, 0.5) is 4.39 Å². The fourth-order valence-corrected chi connectivity index (χ4v) is 3.57. The average molecular weight is 384 g/mol. The Bertz CT molecular complexity index is 898. The van der Waals surface area contributed by atoms with Crippen LogP contribution >= 0.6 is 11.3 Å². The van der Waals surface area contributed by atoms with Crippen LogP contribution in [0.1, 0.15) is 17.3 Å². The van der Waals surface area contributed by atoms with Crippen molar-refractivity contribution in [3.63, 3.8) is 0 Å². The van der Waals surface area contributed by atoms with E-state index in [0.29, 0.717) is 6.54 Å². The summed E-state index contributed by atoms with van der Waals surface area (Å²) in [5.74, 6) is -0.391. The molecule has 3 rings (SSSR count). The number of hydrogen-bond donors (Lipinski definition) is 1. The van der Waals surface area contributed by atoms with E-state index < -0.39 is 0 Å². The van der Waals surface area contributed by atoms with Crippen molar-refractivity contribution in [2.75, 3.05) is 20.6 Å². The maximum Gasteiger partial charge on any atom is 0.226 e. The molecule has 0 saturated heterocycles. The number of nitrogens with one attached hydrogen (secondary N) is 1. The fraction of sp³-hybridized carbons (Fsp3) is 0.250. The highest BCUT2D eigenvalue weighted by atomic mass is 32.1. The van der Waals surface area contributed by atoms with Gasteiger partial charge in [-0.3, -0.25) is 9.78 Å². The van der Waals surface area contributed by atoms with Gasteiger partial charge in [0.2, 0.25) is 5.91 Å². The third-order valence-corrected chi connectivity index (χ3v) is 5.09. The first-order chi connectivity index (χ1) is 13.0. The molecule has 140 valence electrons. The standard InChI is InChI=1S/C20H21FN4OS/c1-25(2)18(14-5-3-7-16(21)9-14)12-23-19(26)10-17-13-27-20(24-17)15-6-4-8-22-11-15/h3-9,11,13,18H,10,12H2,1-2H3,(H,23,26). The van der Waals surface area contributed by atoms with E-state index in [1.807, 2.05) is 42.6 Å². The fourth-order valence-electron chi connectivity index (χ4n) is 2.76. The van der Waals surface area contributed by atoms with Gasteiger partial charge < -0.3 is 10.2 Å². The maximum absolute atomic E-state index is 13.5. The molecule has 1 N–H and O–H groups in total. The van der Waals surface area contributed by atoms with E-state index >= 15 is 0 Å². The van der Waals surface area contributed by atoms with E-state index in [-0.39, 0.29) is 24.2 Å². The molecular weight excluding hydrogens is 363 g/mol. The monoisotopic (exact) mass is 384 g/mol. The second-order valence-corrected chi connectivity index (χ2v) is 7.26. The number of thiazole rings is 1. The van der Waals surface area contributed by atoms with Crippen LogP contribution in [-0.4, -0.2) is 41.4 Å². The predicted octanol–water partition coefficient (Wildman–Crippen LogP) is 3.31. The van der Waals surface area contributed by atoms with E-state index in [9.17, 15) is 9.18 Å². The molecule has 2 heterocycles. The van der Waals surface area contributed by atoms with Gasteiger partial charge in [0.15, 0.2) is 0 Å². The molecule has 1 atom stereocenters. The largest absolute Gasteiger partial charge is 0.354 e. The summed E-state index contributed by atoms with van der Waals surface area (Å²) in [6.07, 6.45) is 3.68. The minimum absolute atomic E-state index is 0.106. The van der Waals surface area contributed by atoms with Crippen molar-refractivity contribution in [2.24, 2.45) is 0 Å². The topological polar surface area (TPSA) is 58.1 Å². The van der Waals surface area contributed by atoms with Crippen LogP contribution in [0.15, 0.2) is 54.2 Å². The zero-order valence-corrected chi connectivity index (χ0v) is 16.0. The highest BCUT2D eigenvalue weighted by Crippen LogP contribution is 2.23. The molecule has 0 fully saturated rings. The molecule has 7 heteroatoms. The molecule has 0 aliphatic rings. The van der Waals surface area contributed by atoms with Crippen molar-refractivity contribution in [3.05, 3.63) is 71.2 Å². The van der Waals surface area contributed by atoms with Gasteiger partial charge in [0.25, 0.3) is 0 Å². The summed E-state index contributed by atoms with van der Waals surface area (Å²) in [7, 11) is 3.81. The molecule has 0 aliphatic heterocycles. The molecule has 27 heavy (non-hydrogen) atoms. The molecule has 1 unspecified atom stereocenters. The number of carbonyl (C=O) groups is 1. The van der Waals surface area contributed by atoms with Crippen molar-refractivity contribution >= 4 is 17.2 Å². The van der Waals surface area contributed by atoms with E-state index in [0.717, 1.165) is 21.8 Å². The summed E-state index contributed by atoms with van der Waals surface area (Å²) < 4.78 is 13.5. The SMILES string of the molecule is CN(C)C(CNC(=O)Cc1csc(-c2cccnc2)n1)c1cccc(F)c1. The number of likely N-dealkylation sites (N-methyl/N-ethyl adjacent to an activating group) is 1. The number of amides is 1. The summed E-state index contributed by atoms with van der Waals surface area (Å²) in [4.78, 5) is 22.9. The third kappa shape index (κ3) is 5.18. The normalized spacial score (nSPS) is 12.1. The van der Waals surface area contributed by atoms with Gasteiger partial charge in [-0.05, 0) is 43.9 Å². The molecule has 1 amide bonds. The summed E-state index contributed by atoms with van der Waals surface area (Å²) in [6.45, 7) is 0.398. The van der Waals surface area contributed by atoms with Crippen LogP contribution in [0.3, 0.4) is 0 Å². The van der Waals surface area contributed by atoms with Crippen LogP contribution in [0.5, 0.6) is 0 Å². The molecule has 0 radical (unpaired) electrons. The first kappa shape index (κ1) is 19.1. The van der Waals surface area contributed by atoms with Crippen LogP contribution in [-0.2, 0) is 11.2 Å². The number of aromatic nitrogens is 2. The van der Waals surface area contributed by atoms with Crippen molar-refractivity contribution < 1.29 is 9.18 Å². The van der Waals surface area contributed by atoms with Crippen LogP contribution in [0, 0.1) is 5.82 Å². The first-order valence-electron chi connectivity index (χ1n) is 8.56. The second-order valence-electron chi connectivity index (χ2n) is 6.40. The van der Waals surface area contributed by atoms with Gasteiger partial charge in [-0.2, -0.15) is 0 Å². The lowest BCUT2D eigenvalue weighted by Gasteiger charge is -2.25. The average Bonchev–Trinajstić information content (AvgIpc) is 3.11. The number of hydrogen-bond acceptors (Lipinski definition) is 5. The quantitative estimate of drug-likeness (QED) is 0.679. The Morgan fingerprint density at radius 3 is 2.85 bits per heavy atom. The van der Waals surface area contributed by atoms with Crippen molar-refractivity contribution in [2.45, 2.75) is 12.5 Å². The minimum atomic E-state index is -0.281. The summed E-state index contributed by atoms with van der Waals surface area (Å²) in [5, 5.41) is 5.66. The lowest BCUT2D eigenvalue weighted by molar-refractivity contribution is -0.120. The summed E-state index contributed by atoms with van der Waals surface area (Å²) in [5.41, 5.74) is 2.49. The van der Waals surface area contributed by atoms with Gasteiger partial charge >= 0.3 is 0 Å². The Morgan fingerprint density at radius 1 is 1.30 bits per heavy atom. The maximum atomic E-state index is 13.5. The number of pyridine rings is 1. The van der Waals surface area contributed by atoms with Crippen molar-refractivity contribution in [3.8, 4) is 10.6 Å². The minimum Gasteiger partial charge on any atom is -0.354 e. The number of carbonyl (C=O) groups excluding carboxylic acids is 1. The van der Waals surface area contributed by atoms with Gasteiger partial charge in [0.1, 0.15) is 10.8 Å². The van der Waals surface area contributed by atoms with Crippen molar-refractivity contribution in [1.82, 2.24) is 20.2 Å². The molecule has 0 spiro atoms. The molecule has 1 aromatic carbocycles. The van der Waals surface area contributed by atoms with E-state index in [2.05, 4.69) is 15.3 Å². The zero-order valence-electron chi connectivity index (χ0n) is 15.2. The third-order valence-electron chi connectivity index (χ3n) is 4.15. The molecule has 3 aromatic rings. The first-order valence-corrected chi connectivity index (χ1v) is 9.44. The van der Waals surface area contributed by atoms with Crippen LogP contribution < -0.4 is 5.32 Å². The van der Waals surface area contributed by atoms with Gasteiger partial charge in [-0.25, -0.2) is 9.37 Å². The molecule has 5 nitrogen and oxygen atoms in total. The van der Waals surface area contributed by atoms with Crippen molar-refractivity contribution in [1.29, 1.82) is 0 Å². The van der Waals surface area contributed by atoms with Gasteiger partial charge in [-0.1, -0.05) is 12.1 Å². The second kappa shape index (κ2) is 8.83. The van der Waals surface area contributed by atoms with E-state index in [1.165, 1.54) is 23.5 Å². The zero-order chi connectivity index (χ0) is 19.2. The number of halogens is 1. The molecule has 0 bridgehead atoms. The van der Waals surface area contributed by atoms with Gasteiger partial charge in [0.05, 0.1) is 18.2 Å². The smallest absolute Gasteiger partial charge is 0.226 e. The Hall–Kier alpha value is -2.64. The Labute approximate surface area is 161 Å². The Kier molecular flexibility index (Phi) is 6.26. The van der Waals surface area contributed by atoms with Crippen LogP contribution in [0.2, 0.25) is 0 Å². The summed E-state index contributed by atoms with van der Waals surface area (Å²) >= 11 is 1.49. The molecule has 0 aliphatic carbocycles. The lowest BCUT2D eigenvalue weighted by Crippen LogP contribution is -2.35. The molecule has 0 saturated carbocycles. The Morgan fingerprint density at radius 2 is 2.15 bits per heavy atom. The summed E-state index contributed by atoms with van der Waals surface area (Å²) in [6, 6.07) is 10.1. The molecular formula is C20H21FN4OS. The van der Waals surface area contributed by atoms with Crippen LogP contribution in [0.25, 0.3) is 10.6 Å². The van der Waals surface area contributed by atoms with Gasteiger partial charge in [-0.15, -0.1) is 11.3 Å². The van der Waals surface area contributed by atoms with Gasteiger partial charge in [0, 0.05) is 29.9 Å². The number of rotatable bonds is 7. The number of nitrogens with zero attached hydrogens (tertiary/aromatic N) is 3. The molecule has 2 aromatic heterocycles.